The number of nitrogens with two attached hydrogens (primary N) is 2. The molecule has 5 N–H and O–H groups in total. The van der Waals surface area contributed by atoms with Crippen molar-refractivity contribution in [3.8, 4) is 0 Å². The fourth-order valence-electron chi connectivity index (χ4n) is 1.65. The number of hydrogen-bond donors (Lipinski definition) is 3. The molecule has 0 fully saturated rings. The first-order valence-corrected chi connectivity index (χ1v) is 7.16. The van der Waals surface area contributed by atoms with Crippen molar-refractivity contribution in [2.24, 2.45) is 0 Å². The summed E-state index contributed by atoms with van der Waals surface area (Å²) in [6.07, 6.45) is 0. The predicted molar refractivity (Wildman–Crippen MR) is 75.7 cm³/mol. The minimum absolute atomic E-state index is 0.00318. The van der Waals surface area contributed by atoms with Crippen molar-refractivity contribution in [3.63, 3.8) is 0 Å². The maximum absolute atomic E-state index is 12.1. The van der Waals surface area contributed by atoms with Crippen LogP contribution in [0.5, 0.6) is 0 Å². The molecule has 2 rings (SSSR count). The summed E-state index contributed by atoms with van der Waals surface area (Å²) in [7, 11) is -3.67. The van der Waals surface area contributed by atoms with Crippen molar-refractivity contribution in [1.29, 1.82) is 0 Å². The van der Waals surface area contributed by atoms with Gasteiger partial charge in [0.1, 0.15) is 4.90 Å². The molecule has 0 aliphatic carbocycles. The highest BCUT2D eigenvalue weighted by molar-refractivity contribution is 7.89. The van der Waals surface area contributed by atoms with E-state index in [9.17, 15) is 8.42 Å². The lowest BCUT2D eigenvalue weighted by molar-refractivity contribution is 0.582. The van der Waals surface area contributed by atoms with Gasteiger partial charge in [-0.15, -0.1) is 0 Å². The van der Waals surface area contributed by atoms with Crippen LogP contribution in [0.25, 0.3) is 0 Å². The number of nitrogen functional groups attached to an aromatic ring is 2. The van der Waals surface area contributed by atoms with Crippen LogP contribution < -0.4 is 16.2 Å². The quantitative estimate of drug-likeness (QED) is 0.734. The summed E-state index contributed by atoms with van der Waals surface area (Å²) in [5, 5.41) is 0. The lowest BCUT2D eigenvalue weighted by Gasteiger charge is -2.10. The number of anilines is 2. The number of rotatable bonds is 4. The standard InChI is InChI=1S/C13H15N3O2S/c14-11-7-4-8-12(13(11)15)19(17,18)16-9-10-5-2-1-3-6-10/h1-8,16H,9,14-15H2. The first kappa shape index (κ1) is 13.4. The highest BCUT2D eigenvalue weighted by Crippen LogP contribution is 2.23. The van der Waals surface area contributed by atoms with Crippen molar-refractivity contribution in [1.82, 2.24) is 4.72 Å². The molecule has 0 saturated carbocycles. The molecule has 0 amide bonds. The molecule has 2 aromatic carbocycles. The molecule has 0 unspecified atom stereocenters. The third kappa shape index (κ3) is 3.04. The first-order chi connectivity index (χ1) is 9.00. The van der Waals surface area contributed by atoms with Gasteiger partial charge >= 0.3 is 0 Å². The fourth-order valence-corrected chi connectivity index (χ4v) is 2.82. The molecule has 0 aliphatic rings. The van der Waals surface area contributed by atoms with Gasteiger partial charge in [-0.25, -0.2) is 13.1 Å². The van der Waals surface area contributed by atoms with E-state index in [1.807, 2.05) is 30.3 Å². The van der Waals surface area contributed by atoms with Crippen LogP contribution in [-0.4, -0.2) is 8.42 Å². The smallest absolute Gasteiger partial charge is 0.242 e. The summed E-state index contributed by atoms with van der Waals surface area (Å²) in [5.41, 5.74) is 12.5. The Kier molecular flexibility index (Phi) is 3.73. The highest BCUT2D eigenvalue weighted by Gasteiger charge is 2.18. The lowest BCUT2D eigenvalue weighted by Crippen LogP contribution is -2.24. The second-order valence-corrected chi connectivity index (χ2v) is 5.80. The summed E-state index contributed by atoms with van der Waals surface area (Å²) in [4.78, 5) is 0.00318. The SMILES string of the molecule is Nc1cccc(S(=O)(=O)NCc2ccccc2)c1N. The zero-order chi connectivity index (χ0) is 13.9. The highest BCUT2D eigenvalue weighted by atomic mass is 32.2. The van der Waals surface area contributed by atoms with E-state index < -0.39 is 10.0 Å². The van der Waals surface area contributed by atoms with Gasteiger partial charge in [0, 0.05) is 6.54 Å². The zero-order valence-corrected chi connectivity index (χ0v) is 11.0. The molecule has 2 aromatic rings. The van der Waals surface area contributed by atoms with E-state index in [4.69, 9.17) is 11.5 Å². The topological polar surface area (TPSA) is 98.2 Å². The van der Waals surface area contributed by atoms with Gasteiger partial charge < -0.3 is 11.5 Å². The Labute approximate surface area is 112 Å². The molecule has 6 heteroatoms. The number of nitrogens with one attached hydrogen (secondary N) is 1. The second kappa shape index (κ2) is 5.29. The van der Waals surface area contributed by atoms with Gasteiger partial charge in [-0.05, 0) is 17.7 Å². The second-order valence-electron chi connectivity index (χ2n) is 4.07. The molecule has 0 saturated heterocycles. The normalized spacial score (nSPS) is 11.4. The predicted octanol–water partition coefficient (Wildman–Crippen LogP) is 1.33. The average Bonchev–Trinajstić information content (AvgIpc) is 2.41. The Morgan fingerprint density at radius 2 is 1.63 bits per heavy atom. The van der Waals surface area contributed by atoms with Crippen LogP contribution in [0.4, 0.5) is 11.4 Å². The maximum atomic E-state index is 12.1. The molecule has 100 valence electrons. The van der Waals surface area contributed by atoms with E-state index in [1.54, 1.807) is 12.1 Å². The molecule has 0 aliphatic heterocycles. The number of para-hydroxylation sites is 1. The van der Waals surface area contributed by atoms with Gasteiger partial charge in [-0.1, -0.05) is 36.4 Å². The van der Waals surface area contributed by atoms with Crippen LogP contribution in [0.2, 0.25) is 0 Å². The Balaban J connectivity index is 2.22. The summed E-state index contributed by atoms with van der Waals surface area (Å²) in [5.74, 6) is 0. The van der Waals surface area contributed by atoms with Gasteiger partial charge in [-0.2, -0.15) is 0 Å². The van der Waals surface area contributed by atoms with Gasteiger partial charge in [0.15, 0.2) is 0 Å². The Bertz CT molecular complexity index is 670. The van der Waals surface area contributed by atoms with Crippen molar-refractivity contribution in [2.75, 3.05) is 11.5 Å². The number of hydrogen-bond acceptors (Lipinski definition) is 4. The van der Waals surface area contributed by atoms with Crippen LogP contribution in [-0.2, 0) is 16.6 Å². The molecular formula is C13H15N3O2S. The molecule has 0 bridgehead atoms. The molecule has 0 spiro atoms. The summed E-state index contributed by atoms with van der Waals surface area (Å²) < 4.78 is 26.8. The third-order valence-corrected chi connectivity index (χ3v) is 4.16. The summed E-state index contributed by atoms with van der Waals surface area (Å²) in [6.45, 7) is 0.206. The van der Waals surface area contributed by atoms with E-state index in [0.717, 1.165) is 5.56 Å². The van der Waals surface area contributed by atoms with Gasteiger partial charge in [0.2, 0.25) is 10.0 Å². The lowest BCUT2D eigenvalue weighted by atomic mass is 10.2. The largest absolute Gasteiger partial charge is 0.397 e. The van der Waals surface area contributed by atoms with E-state index in [1.165, 1.54) is 6.07 Å². The van der Waals surface area contributed by atoms with Gasteiger partial charge in [0.05, 0.1) is 11.4 Å². The molecule has 0 radical (unpaired) electrons. The molecule has 5 nitrogen and oxygen atoms in total. The van der Waals surface area contributed by atoms with E-state index in [-0.39, 0.29) is 22.8 Å². The average molecular weight is 277 g/mol. The van der Waals surface area contributed by atoms with Crippen LogP contribution in [0.15, 0.2) is 53.4 Å². The summed E-state index contributed by atoms with van der Waals surface area (Å²) >= 11 is 0. The molecule has 0 aromatic heterocycles. The minimum Gasteiger partial charge on any atom is -0.397 e. The molecule has 19 heavy (non-hydrogen) atoms. The third-order valence-electron chi connectivity index (χ3n) is 2.70. The number of sulfonamides is 1. The van der Waals surface area contributed by atoms with E-state index >= 15 is 0 Å². The maximum Gasteiger partial charge on any atom is 0.242 e. The first-order valence-electron chi connectivity index (χ1n) is 5.68. The van der Waals surface area contributed by atoms with Crippen LogP contribution in [0.3, 0.4) is 0 Å². The van der Waals surface area contributed by atoms with Crippen LogP contribution >= 0.6 is 0 Å². The van der Waals surface area contributed by atoms with Crippen molar-refractivity contribution >= 4 is 21.4 Å². The van der Waals surface area contributed by atoms with E-state index in [0.29, 0.717) is 0 Å². The van der Waals surface area contributed by atoms with Gasteiger partial charge in [-0.3, -0.25) is 0 Å². The fraction of sp³-hybridized carbons (Fsp3) is 0.0769. The number of benzene rings is 2. The molecular weight excluding hydrogens is 262 g/mol. The van der Waals surface area contributed by atoms with Crippen molar-refractivity contribution in [2.45, 2.75) is 11.4 Å². The van der Waals surface area contributed by atoms with Crippen molar-refractivity contribution in [3.05, 3.63) is 54.1 Å². The van der Waals surface area contributed by atoms with Crippen LogP contribution in [0, 0.1) is 0 Å². The Morgan fingerprint density at radius 1 is 0.947 bits per heavy atom. The minimum atomic E-state index is -3.67. The van der Waals surface area contributed by atoms with Gasteiger partial charge in [0.25, 0.3) is 0 Å². The molecule has 0 heterocycles. The van der Waals surface area contributed by atoms with Crippen molar-refractivity contribution < 1.29 is 8.42 Å². The Hall–Kier alpha value is -2.05. The zero-order valence-electron chi connectivity index (χ0n) is 10.2. The molecule has 0 atom stereocenters. The Morgan fingerprint density at radius 3 is 2.32 bits per heavy atom. The van der Waals surface area contributed by atoms with E-state index in [2.05, 4.69) is 4.72 Å². The monoisotopic (exact) mass is 277 g/mol. The summed E-state index contributed by atoms with van der Waals surface area (Å²) in [6, 6.07) is 13.8. The van der Waals surface area contributed by atoms with Crippen LogP contribution in [0.1, 0.15) is 5.56 Å².